The fourth-order valence-corrected chi connectivity index (χ4v) is 2.86. The maximum Gasteiger partial charge on any atom is 0.237 e. The monoisotopic (exact) mass is 394 g/mol. The molecular weight excluding hydrogens is 371 g/mol. The van der Waals surface area contributed by atoms with Crippen molar-refractivity contribution in [1.82, 2.24) is 14.9 Å². The zero-order chi connectivity index (χ0) is 16.9. The standard InChI is InChI=1S/C19H22N4O.2ClH/c1-14-22-17-9-5-6-10-18(17)23(14)12-11-21-19(24)16(20)13-15-7-3-2-4-8-15;;/h2-10,16H,11-13,20H2,1H3,(H,21,24);2*1H/t16-;;/m0../s1. The molecule has 0 unspecified atom stereocenters. The number of carbonyl (C=O) groups excluding carboxylic acids is 1. The highest BCUT2D eigenvalue weighted by atomic mass is 35.5. The van der Waals surface area contributed by atoms with Crippen LogP contribution in [-0.4, -0.2) is 28.0 Å². The molecule has 0 fully saturated rings. The number of nitrogens with one attached hydrogen (secondary N) is 1. The second-order valence-electron chi connectivity index (χ2n) is 5.89. The highest BCUT2D eigenvalue weighted by Gasteiger charge is 2.14. The van der Waals surface area contributed by atoms with Crippen LogP contribution in [0.5, 0.6) is 0 Å². The molecule has 0 aliphatic heterocycles. The average Bonchev–Trinajstić information content (AvgIpc) is 2.91. The third-order valence-corrected chi connectivity index (χ3v) is 4.12. The molecule has 3 N–H and O–H groups in total. The number of aryl methyl sites for hydroxylation is 1. The molecule has 0 saturated carbocycles. The zero-order valence-corrected chi connectivity index (χ0v) is 16.2. The summed E-state index contributed by atoms with van der Waals surface area (Å²) < 4.78 is 2.11. The van der Waals surface area contributed by atoms with Crippen molar-refractivity contribution >= 4 is 41.8 Å². The summed E-state index contributed by atoms with van der Waals surface area (Å²) in [6.45, 7) is 3.18. The van der Waals surface area contributed by atoms with Crippen molar-refractivity contribution in [3.63, 3.8) is 0 Å². The molecule has 1 atom stereocenters. The highest BCUT2D eigenvalue weighted by molar-refractivity contribution is 5.85. The number of halogens is 2. The summed E-state index contributed by atoms with van der Waals surface area (Å²) in [7, 11) is 0. The summed E-state index contributed by atoms with van der Waals surface area (Å²) in [4.78, 5) is 16.7. The van der Waals surface area contributed by atoms with E-state index >= 15 is 0 Å². The van der Waals surface area contributed by atoms with Crippen LogP contribution >= 0.6 is 24.8 Å². The third-order valence-electron chi connectivity index (χ3n) is 4.12. The van der Waals surface area contributed by atoms with Gasteiger partial charge in [-0.25, -0.2) is 4.98 Å². The Hall–Kier alpha value is -2.08. The number of fused-ring (bicyclic) bond motifs is 1. The largest absolute Gasteiger partial charge is 0.353 e. The van der Waals surface area contributed by atoms with Crippen LogP contribution in [-0.2, 0) is 17.8 Å². The van der Waals surface area contributed by atoms with Crippen molar-refractivity contribution in [1.29, 1.82) is 0 Å². The van der Waals surface area contributed by atoms with Crippen LogP contribution in [0, 0.1) is 6.92 Å². The molecule has 7 heteroatoms. The first-order chi connectivity index (χ1) is 11.6. The van der Waals surface area contributed by atoms with E-state index in [1.54, 1.807) is 0 Å². The number of hydrogen-bond donors (Lipinski definition) is 2. The normalized spacial score (nSPS) is 11.3. The molecule has 3 aromatic rings. The summed E-state index contributed by atoms with van der Waals surface area (Å²) in [6, 6.07) is 17.3. The van der Waals surface area contributed by atoms with Gasteiger partial charge in [-0.05, 0) is 31.0 Å². The summed E-state index contributed by atoms with van der Waals surface area (Å²) in [5.41, 5.74) is 9.12. The molecule has 0 spiro atoms. The van der Waals surface area contributed by atoms with Crippen LogP contribution < -0.4 is 11.1 Å². The maximum atomic E-state index is 12.2. The van der Waals surface area contributed by atoms with Gasteiger partial charge in [0.1, 0.15) is 5.82 Å². The van der Waals surface area contributed by atoms with E-state index in [4.69, 9.17) is 5.73 Å². The molecule has 1 amide bonds. The van der Waals surface area contributed by atoms with Crippen molar-refractivity contribution in [2.75, 3.05) is 6.54 Å². The van der Waals surface area contributed by atoms with E-state index in [1.807, 2.05) is 61.5 Å². The second-order valence-corrected chi connectivity index (χ2v) is 5.89. The third kappa shape index (κ3) is 5.21. The second kappa shape index (κ2) is 10.2. The molecule has 1 heterocycles. The van der Waals surface area contributed by atoms with Gasteiger partial charge in [0, 0.05) is 13.1 Å². The van der Waals surface area contributed by atoms with Gasteiger partial charge in [-0.15, -0.1) is 24.8 Å². The molecule has 26 heavy (non-hydrogen) atoms. The van der Waals surface area contributed by atoms with E-state index in [0.717, 1.165) is 22.4 Å². The molecule has 3 rings (SSSR count). The van der Waals surface area contributed by atoms with E-state index in [2.05, 4.69) is 14.9 Å². The van der Waals surface area contributed by atoms with E-state index in [9.17, 15) is 4.79 Å². The smallest absolute Gasteiger partial charge is 0.237 e. The fraction of sp³-hybridized carbons (Fsp3) is 0.263. The van der Waals surface area contributed by atoms with Crippen molar-refractivity contribution in [2.24, 2.45) is 5.73 Å². The number of hydrogen-bond acceptors (Lipinski definition) is 3. The lowest BCUT2D eigenvalue weighted by Crippen LogP contribution is -2.43. The van der Waals surface area contributed by atoms with Gasteiger partial charge in [0.05, 0.1) is 17.1 Å². The number of imidazole rings is 1. The molecule has 0 aliphatic carbocycles. The van der Waals surface area contributed by atoms with E-state index in [1.165, 1.54) is 0 Å². The van der Waals surface area contributed by atoms with Crippen LogP contribution in [0.25, 0.3) is 11.0 Å². The van der Waals surface area contributed by atoms with Crippen LogP contribution in [0.15, 0.2) is 54.6 Å². The lowest BCUT2D eigenvalue weighted by atomic mass is 10.1. The lowest BCUT2D eigenvalue weighted by Gasteiger charge is -2.13. The number of benzene rings is 2. The minimum absolute atomic E-state index is 0. The van der Waals surface area contributed by atoms with Gasteiger partial charge in [0.25, 0.3) is 0 Å². The molecule has 5 nitrogen and oxygen atoms in total. The molecular formula is C19H24Cl2N4O. The first-order valence-electron chi connectivity index (χ1n) is 8.14. The SMILES string of the molecule is Cc1nc2ccccc2n1CCNC(=O)[C@@H](N)Cc1ccccc1.Cl.Cl. The van der Waals surface area contributed by atoms with E-state index in [0.29, 0.717) is 19.5 Å². The van der Waals surface area contributed by atoms with Gasteiger partial charge in [-0.2, -0.15) is 0 Å². The Bertz CT molecular complexity index is 836. The van der Waals surface area contributed by atoms with Crippen LogP contribution in [0.4, 0.5) is 0 Å². The van der Waals surface area contributed by atoms with Gasteiger partial charge in [-0.1, -0.05) is 42.5 Å². The Kier molecular flexibility index (Phi) is 8.58. The van der Waals surface area contributed by atoms with Crippen molar-refractivity contribution in [3.05, 3.63) is 66.0 Å². The summed E-state index contributed by atoms with van der Waals surface area (Å²) in [6.07, 6.45) is 0.541. The van der Waals surface area contributed by atoms with Crippen LogP contribution in [0.3, 0.4) is 0 Å². The number of nitrogens with two attached hydrogens (primary N) is 1. The van der Waals surface area contributed by atoms with Crippen LogP contribution in [0.2, 0.25) is 0 Å². The number of para-hydroxylation sites is 2. The number of aromatic nitrogens is 2. The molecule has 1 aromatic heterocycles. The quantitative estimate of drug-likeness (QED) is 0.674. The summed E-state index contributed by atoms with van der Waals surface area (Å²) >= 11 is 0. The predicted molar refractivity (Wildman–Crippen MR) is 110 cm³/mol. The fourth-order valence-electron chi connectivity index (χ4n) is 2.86. The average molecular weight is 395 g/mol. The summed E-state index contributed by atoms with van der Waals surface area (Å²) in [5.74, 6) is 0.819. The van der Waals surface area contributed by atoms with Gasteiger partial charge < -0.3 is 15.6 Å². The minimum atomic E-state index is -0.534. The summed E-state index contributed by atoms with van der Waals surface area (Å²) in [5, 5.41) is 2.92. The maximum absolute atomic E-state index is 12.2. The van der Waals surface area contributed by atoms with Gasteiger partial charge >= 0.3 is 0 Å². The van der Waals surface area contributed by atoms with E-state index < -0.39 is 6.04 Å². The first kappa shape index (κ1) is 22.0. The molecule has 0 saturated heterocycles. The first-order valence-corrected chi connectivity index (χ1v) is 8.14. The van der Waals surface area contributed by atoms with Crippen molar-refractivity contribution < 1.29 is 4.79 Å². The van der Waals surface area contributed by atoms with Crippen LogP contribution in [0.1, 0.15) is 11.4 Å². The van der Waals surface area contributed by atoms with Gasteiger partial charge in [0.2, 0.25) is 5.91 Å². The van der Waals surface area contributed by atoms with E-state index in [-0.39, 0.29) is 30.7 Å². The van der Waals surface area contributed by atoms with Gasteiger partial charge in [-0.3, -0.25) is 4.79 Å². The zero-order valence-electron chi connectivity index (χ0n) is 14.6. The minimum Gasteiger partial charge on any atom is -0.353 e. The lowest BCUT2D eigenvalue weighted by molar-refractivity contribution is -0.122. The predicted octanol–water partition coefficient (Wildman–Crippen LogP) is 2.87. The molecule has 0 radical (unpaired) electrons. The Morgan fingerprint density at radius 1 is 1.12 bits per heavy atom. The Morgan fingerprint density at radius 3 is 2.50 bits per heavy atom. The molecule has 0 aliphatic rings. The molecule has 0 bridgehead atoms. The Balaban J connectivity index is 0.00000169. The Labute approximate surface area is 165 Å². The molecule has 140 valence electrons. The highest BCUT2D eigenvalue weighted by Crippen LogP contribution is 2.14. The van der Waals surface area contributed by atoms with Crippen molar-refractivity contribution in [3.8, 4) is 0 Å². The molecule has 2 aromatic carbocycles. The number of amides is 1. The number of nitrogens with zero attached hydrogens (tertiary/aromatic N) is 2. The van der Waals surface area contributed by atoms with Gasteiger partial charge in [0.15, 0.2) is 0 Å². The van der Waals surface area contributed by atoms with Crippen molar-refractivity contribution in [2.45, 2.75) is 25.9 Å². The Morgan fingerprint density at radius 2 is 1.77 bits per heavy atom. The number of rotatable bonds is 6. The topological polar surface area (TPSA) is 72.9 Å². The number of carbonyl (C=O) groups is 1.